The zero-order chi connectivity index (χ0) is 23.1. The zero-order valence-electron chi connectivity index (χ0n) is 17.6. The third kappa shape index (κ3) is 31.5. The maximum Gasteiger partial charge on any atom is 0.322 e. The molecule has 0 fully saturated rings. The van der Waals surface area contributed by atoms with Gasteiger partial charge in [-0.3, -0.25) is 19.2 Å². The van der Waals surface area contributed by atoms with Crippen LogP contribution in [0.5, 0.6) is 0 Å². The van der Waals surface area contributed by atoms with Crippen LogP contribution in [0.1, 0.15) is 27.7 Å². The van der Waals surface area contributed by atoms with Gasteiger partial charge >= 0.3 is 23.9 Å². The smallest absolute Gasteiger partial charge is 0.322 e. The Balaban J connectivity index is -0.000000138. The summed E-state index contributed by atoms with van der Waals surface area (Å²) in [6.45, 7) is 7.43. The van der Waals surface area contributed by atoms with Gasteiger partial charge in [-0.1, -0.05) is 0 Å². The molecule has 0 radical (unpaired) electrons. The van der Waals surface area contributed by atoms with Crippen molar-refractivity contribution in [1.82, 2.24) is 0 Å². The van der Waals surface area contributed by atoms with Gasteiger partial charge in [0.25, 0.3) is 0 Å². The number of esters is 4. The lowest BCUT2D eigenvalue weighted by Crippen LogP contribution is -2.28. The summed E-state index contributed by atoms with van der Waals surface area (Å²) in [5, 5.41) is 0. The third-order valence-corrected chi connectivity index (χ3v) is 2.10. The lowest BCUT2D eigenvalue weighted by Gasteiger charge is -2.02. The molecule has 0 saturated heterocycles. The van der Waals surface area contributed by atoms with Crippen LogP contribution < -0.4 is 22.9 Å². The number of carbonyl (C=O) groups excluding carboxylic acids is 4. The molecule has 0 aromatic rings. The molecule has 12 heteroatoms. The van der Waals surface area contributed by atoms with Gasteiger partial charge in [0.1, 0.15) is 12.1 Å². The van der Waals surface area contributed by atoms with Crippen molar-refractivity contribution in [3.8, 4) is 0 Å². The molecule has 12 nitrogen and oxygen atoms in total. The van der Waals surface area contributed by atoms with E-state index in [1.165, 1.54) is 14.2 Å². The van der Waals surface area contributed by atoms with Gasteiger partial charge in [0, 0.05) is 0 Å². The van der Waals surface area contributed by atoms with Crippen molar-refractivity contribution in [2.75, 3.05) is 40.5 Å². The van der Waals surface area contributed by atoms with E-state index in [9.17, 15) is 19.2 Å². The first-order valence-corrected chi connectivity index (χ1v) is 8.36. The van der Waals surface area contributed by atoms with Crippen LogP contribution >= 0.6 is 0 Å². The quantitative estimate of drug-likeness (QED) is 0.276. The Hall–Kier alpha value is -2.28. The molecule has 0 saturated carbocycles. The van der Waals surface area contributed by atoms with E-state index >= 15 is 0 Å². The zero-order valence-corrected chi connectivity index (χ0v) is 17.6. The van der Waals surface area contributed by atoms with Crippen molar-refractivity contribution < 1.29 is 38.1 Å². The normalized spacial score (nSPS) is 10.6. The molecule has 28 heavy (non-hydrogen) atoms. The van der Waals surface area contributed by atoms with Gasteiger partial charge in [-0.2, -0.15) is 0 Å². The molecule has 0 rings (SSSR count). The van der Waals surface area contributed by atoms with Crippen molar-refractivity contribution in [1.29, 1.82) is 0 Å². The number of ether oxygens (including phenoxy) is 4. The fourth-order valence-electron chi connectivity index (χ4n) is 0.763. The number of nitrogens with two attached hydrogens (primary N) is 4. The molecule has 0 aromatic carbocycles. The summed E-state index contributed by atoms with van der Waals surface area (Å²) in [5.41, 5.74) is 19.9. The predicted molar refractivity (Wildman–Crippen MR) is 103 cm³/mol. The van der Waals surface area contributed by atoms with Crippen molar-refractivity contribution in [2.45, 2.75) is 39.8 Å². The van der Waals surface area contributed by atoms with E-state index < -0.39 is 12.1 Å². The first kappa shape index (κ1) is 33.3. The van der Waals surface area contributed by atoms with Crippen LogP contribution in [-0.4, -0.2) is 76.5 Å². The monoisotopic (exact) mass is 412 g/mol. The Morgan fingerprint density at radius 1 is 0.714 bits per heavy atom. The van der Waals surface area contributed by atoms with E-state index in [2.05, 4.69) is 18.9 Å². The van der Waals surface area contributed by atoms with Crippen molar-refractivity contribution >= 4 is 23.9 Å². The lowest BCUT2D eigenvalue weighted by molar-refractivity contribution is -0.144. The first-order chi connectivity index (χ1) is 13.0. The van der Waals surface area contributed by atoms with Gasteiger partial charge in [-0.15, -0.1) is 0 Å². The lowest BCUT2D eigenvalue weighted by atomic mass is 10.4. The molecule has 0 amide bonds. The molecule has 0 heterocycles. The maximum atomic E-state index is 10.4. The van der Waals surface area contributed by atoms with E-state index in [-0.39, 0.29) is 37.0 Å². The summed E-state index contributed by atoms with van der Waals surface area (Å²) < 4.78 is 17.3. The van der Waals surface area contributed by atoms with E-state index in [0.29, 0.717) is 13.2 Å². The van der Waals surface area contributed by atoms with Crippen molar-refractivity contribution in [3.63, 3.8) is 0 Å². The van der Waals surface area contributed by atoms with Crippen molar-refractivity contribution in [3.05, 3.63) is 0 Å². The fourth-order valence-corrected chi connectivity index (χ4v) is 0.763. The molecule has 0 aliphatic heterocycles. The average molecular weight is 412 g/mol. The predicted octanol–water partition coefficient (Wildman–Crippen LogP) is -1.97. The van der Waals surface area contributed by atoms with Gasteiger partial charge in [-0.05, 0) is 27.7 Å². The van der Waals surface area contributed by atoms with E-state index in [4.69, 9.17) is 22.9 Å². The van der Waals surface area contributed by atoms with Crippen LogP contribution in [0.25, 0.3) is 0 Å². The Bertz CT molecular complexity index is 411. The number of hydrogen-bond donors (Lipinski definition) is 4. The second-order valence-corrected chi connectivity index (χ2v) is 4.64. The number of carbonyl (C=O) groups is 4. The minimum absolute atomic E-state index is 0.0200. The standard InChI is InChI=1S/C5H11NO2.2C4H9NO2.C3H7NO2/c1-3-8-5(7)4(2)6;1-3(5)4(6)7-2;1-2-7-4(6)3-5;1-6-3(5)2-4/h4H,3,6H2,1-2H3;3H,5H2,1-2H3;2-3,5H2,1H3;2,4H2,1H3. The summed E-state index contributed by atoms with van der Waals surface area (Å²) in [6.07, 6.45) is 0. The molecule has 0 spiro atoms. The SMILES string of the molecule is CCOC(=O)C(C)N.CCOC(=O)CN.COC(=O)C(C)N.COC(=O)CN. The first-order valence-electron chi connectivity index (χ1n) is 8.36. The highest BCUT2D eigenvalue weighted by molar-refractivity contribution is 5.75. The minimum atomic E-state index is -0.495. The molecule has 2 unspecified atom stereocenters. The number of rotatable bonds is 6. The summed E-state index contributed by atoms with van der Waals surface area (Å²) in [6, 6.07) is -0.986. The summed E-state index contributed by atoms with van der Waals surface area (Å²) >= 11 is 0. The largest absolute Gasteiger partial charge is 0.468 e. The Kier molecular flexibility index (Phi) is 29.4. The maximum absolute atomic E-state index is 10.4. The highest BCUT2D eigenvalue weighted by Gasteiger charge is 2.05. The summed E-state index contributed by atoms with van der Waals surface area (Å²) in [7, 11) is 2.61. The van der Waals surface area contributed by atoms with Crippen LogP contribution in [0, 0.1) is 0 Å². The van der Waals surface area contributed by atoms with Gasteiger partial charge in [0.15, 0.2) is 0 Å². The Morgan fingerprint density at radius 3 is 1.18 bits per heavy atom. The summed E-state index contributed by atoms with van der Waals surface area (Å²) in [5.74, 6) is -1.44. The van der Waals surface area contributed by atoms with Crippen LogP contribution in [0.2, 0.25) is 0 Å². The molecule has 8 N–H and O–H groups in total. The second-order valence-electron chi connectivity index (χ2n) is 4.64. The second kappa shape index (κ2) is 24.7. The van der Waals surface area contributed by atoms with E-state index in [0.717, 1.165) is 0 Å². The van der Waals surface area contributed by atoms with Crippen LogP contribution in [0.3, 0.4) is 0 Å². The highest BCUT2D eigenvalue weighted by atomic mass is 16.5. The molecule has 0 aromatic heterocycles. The van der Waals surface area contributed by atoms with Crippen molar-refractivity contribution in [2.24, 2.45) is 22.9 Å². The molecule has 2 atom stereocenters. The number of hydrogen-bond acceptors (Lipinski definition) is 12. The molecule has 0 bridgehead atoms. The molecular formula is C16H36N4O8. The Morgan fingerprint density at radius 2 is 1.11 bits per heavy atom. The summed E-state index contributed by atoms with van der Waals surface area (Å²) in [4.78, 5) is 40.5. The Labute approximate surface area is 166 Å². The fraction of sp³-hybridized carbons (Fsp3) is 0.750. The van der Waals surface area contributed by atoms with E-state index in [1.807, 2.05) is 0 Å². The van der Waals surface area contributed by atoms with Gasteiger partial charge < -0.3 is 41.9 Å². The van der Waals surface area contributed by atoms with Gasteiger partial charge in [0.05, 0.1) is 40.5 Å². The van der Waals surface area contributed by atoms with Crippen LogP contribution in [0.15, 0.2) is 0 Å². The van der Waals surface area contributed by atoms with E-state index in [1.54, 1.807) is 27.7 Å². The van der Waals surface area contributed by atoms with Gasteiger partial charge in [0.2, 0.25) is 0 Å². The number of methoxy groups -OCH3 is 2. The highest BCUT2D eigenvalue weighted by Crippen LogP contribution is 1.81. The molecule has 168 valence electrons. The van der Waals surface area contributed by atoms with Crippen LogP contribution in [-0.2, 0) is 38.1 Å². The minimum Gasteiger partial charge on any atom is -0.468 e. The molecular weight excluding hydrogens is 376 g/mol. The molecule has 0 aliphatic carbocycles. The topological polar surface area (TPSA) is 209 Å². The van der Waals surface area contributed by atoms with Gasteiger partial charge in [-0.25, -0.2) is 0 Å². The molecule has 0 aliphatic rings. The third-order valence-electron chi connectivity index (χ3n) is 2.10. The average Bonchev–Trinajstić information content (AvgIpc) is 2.68. The van der Waals surface area contributed by atoms with Crippen LogP contribution in [0.4, 0.5) is 0 Å².